The van der Waals surface area contributed by atoms with Gasteiger partial charge in [0.1, 0.15) is 11.6 Å². The second-order valence-corrected chi connectivity index (χ2v) is 3.55. The van der Waals surface area contributed by atoms with Gasteiger partial charge in [-0.3, -0.25) is 4.79 Å². The summed E-state index contributed by atoms with van der Waals surface area (Å²) in [6.07, 6.45) is 0.739. The lowest BCUT2D eigenvalue weighted by Gasteiger charge is -2.07. The molecule has 0 amide bonds. The SMILES string of the molecule is CC(CCc1cc(F)ccc1O)C(=O)O. The summed E-state index contributed by atoms with van der Waals surface area (Å²) in [5.41, 5.74) is 0.447. The highest BCUT2D eigenvalue weighted by Gasteiger charge is 2.12. The highest BCUT2D eigenvalue weighted by atomic mass is 19.1. The van der Waals surface area contributed by atoms with Crippen molar-refractivity contribution in [3.8, 4) is 5.75 Å². The van der Waals surface area contributed by atoms with Gasteiger partial charge >= 0.3 is 5.97 Å². The van der Waals surface area contributed by atoms with E-state index in [9.17, 15) is 14.3 Å². The number of carboxylic acids is 1. The van der Waals surface area contributed by atoms with Crippen molar-refractivity contribution in [3.63, 3.8) is 0 Å². The Morgan fingerprint density at radius 3 is 2.80 bits per heavy atom. The zero-order valence-electron chi connectivity index (χ0n) is 8.40. The van der Waals surface area contributed by atoms with Gasteiger partial charge in [-0.05, 0) is 36.6 Å². The van der Waals surface area contributed by atoms with E-state index in [0.29, 0.717) is 18.4 Å². The summed E-state index contributed by atoms with van der Waals surface area (Å²) >= 11 is 0. The number of benzene rings is 1. The van der Waals surface area contributed by atoms with Crippen molar-refractivity contribution in [3.05, 3.63) is 29.6 Å². The van der Waals surface area contributed by atoms with Gasteiger partial charge in [0.15, 0.2) is 0 Å². The quantitative estimate of drug-likeness (QED) is 0.804. The molecule has 0 spiro atoms. The lowest BCUT2D eigenvalue weighted by molar-refractivity contribution is -0.141. The summed E-state index contributed by atoms with van der Waals surface area (Å²) in [6, 6.07) is 3.67. The van der Waals surface area contributed by atoms with Crippen LogP contribution in [-0.2, 0) is 11.2 Å². The minimum atomic E-state index is -0.883. The average Bonchev–Trinajstić information content (AvgIpc) is 2.18. The minimum Gasteiger partial charge on any atom is -0.508 e. The van der Waals surface area contributed by atoms with Gasteiger partial charge in [0.2, 0.25) is 0 Å². The number of hydrogen-bond donors (Lipinski definition) is 2. The molecule has 1 unspecified atom stereocenters. The number of aliphatic carboxylic acids is 1. The first-order chi connectivity index (χ1) is 7.00. The molecule has 0 aliphatic rings. The molecule has 0 aromatic heterocycles. The van der Waals surface area contributed by atoms with Crippen LogP contribution in [0.4, 0.5) is 4.39 Å². The highest BCUT2D eigenvalue weighted by molar-refractivity contribution is 5.69. The lowest BCUT2D eigenvalue weighted by atomic mass is 10.0. The maximum Gasteiger partial charge on any atom is 0.306 e. The maximum absolute atomic E-state index is 12.8. The minimum absolute atomic E-state index is 0.00832. The first-order valence-electron chi connectivity index (χ1n) is 4.71. The van der Waals surface area contributed by atoms with Gasteiger partial charge in [-0.15, -0.1) is 0 Å². The van der Waals surface area contributed by atoms with E-state index >= 15 is 0 Å². The van der Waals surface area contributed by atoms with Gasteiger partial charge in [0.05, 0.1) is 5.92 Å². The molecule has 0 aliphatic heterocycles. The van der Waals surface area contributed by atoms with Gasteiger partial charge in [-0.2, -0.15) is 0 Å². The fourth-order valence-electron chi connectivity index (χ4n) is 1.25. The lowest BCUT2D eigenvalue weighted by Crippen LogP contribution is -2.10. The van der Waals surface area contributed by atoms with E-state index in [-0.39, 0.29) is 5.75 Å². The molecule has 0 heterocycles. The van der Waals surface area contributed by atoms with Crippen LogP contribution >= 0.6 is 0 Å². The first kappa shape index (κ1) is 11.5. The van der Waals surface area contributed by atoms with Gasteiger partial charge in [0, 0.05) is 0 Å². The third kappa shape index (κ3) is 3.23. The van der Waals surface area contributed by atoms with Gasteiger partial charge < -0.3 is 10.2 Å². The molecule has 2 N–H and O–H groups in total. The Kier molecular flexibility index (Phi) is 3.66. The highest BCUT2D eigenvalue weighted by Crippen LogP contribution is 2.21. The number of rotatable bonds is 4. The van der Waals surface area contributed by atoms with E-state index in [4.69, 9.17) is 5.11 Å². The van der Waals surface area contributed by atoms with Crippen LogP contribution < -0.4 is 0 Å². The molecule has 1 aromatic carbocycles. The Balaban J connectivity index is 2.65. The summed E-state index contributed by atoms with van der Waals surface area (Å²) < 4.78 is 12.8. The number of carboxylic acid groups (broad SMARTS) is 1. The van der Waals surface area contributed by atoms with Gasteiger partial charge in [-0.1, -0.05) is 6.92 Å². The van der Waals surface area contributed by atoms with Crippen LogP contribution in [0.15, 0.2) is 18.2 Å². The third-order valence-electron chi connectivity index (χ3n) is 2.31. The fraction of sp³-hybridized carbons (Fsp3) is 0.364. The molecule has 1 rings (SSSR count). The Bertz CT molecular complexity index is 363. The first-order valence-corrected chi connectivity index (χ1v) is 4.71. The average molecular weight is 212 g/mol. The van der Waals surface area contributed by atoms with Crippen LogP contribution in [0, 0.1) is 11.7 Å². The number of phenolic OH excluding ortho intramolecular Hbond substituents is 1. The molecule has 1 atom stereocenters. The summed E-state index contributed by atoms with van der Waals surface area (Å²) in [7, 11) is 0. The van der Waals surface area contributed by atoms with E-state index in [1.807, 2.05) is 0 Å². The number of aryl methyl sites for hydroxylation is 1. The van der Waals surface area contributed by atoms with Crippen LogP contribution in [0.25, 0.3) is 0 Å². The molecular weight excluding hydrogens is 199 g/mol. The Morgan fingerprint density at radius 2 is 2.20 bits per heavy atom. The molecule has 15 heavy (non-hydrogen) atoms. The Labute approximate surface area is 87.2 Å². The van der Waals surface area contributed by atoms with Crippen LogP contribution in [0.5, 0.6) is 5.75 Å². The molecule has 4 heteroatoms. The monoisotopic (exact) mass is 212 g/mol. The molecule has 1 aromatic rings. The summed E-state index contributed by atoms with van der Waals surface area (Å²) in [5, 5.41) is 18.0. The smallest absolute Gasteiger partial charge is 0.306 e. The molecule has 0 aliphatic carbocycles. The van der Waals surface area contributed by atoms with Crippen LogP contribution in [0.2, 0.25) is 0 Å². The van der Waals surface area contributed by atoms with Crippen molar-refractivity contribution in [1.82, 2.24) is 0 Å². The number of aromatic hydroxyl groups is 1. The molecule has 0 saturated heterocycles. The predicted octanol–water partition coefficient (Wildman–Crippen LogP) is 2.18. The summed E-state index contributed by atoms with van der Waals surface area (Å²) in [5.74, 6) is -1.79. The number of hydrogen-bond acceptors (Lipinski definition) is 2. The van der Waals surface area contributed by atoms with E-state index in [0.717, 1.165) is 0 Å². The Hall–Kier alpha value is -1.58. The van der Waals surface area contributed by atoms with E-state index in [1.165, 1.54) is 18.2 Å². The van der Waals surface area contributed by atoms with Crippen molar-refractivity contribution in [1.29, 1.82) is 0 Å². The maximum atomic E-state index is 12.8. The number of phenols is 1. The standard InChI is InChI=1S/C11H13FO3/c1-7(11(14)15)2-3-8-6-9(12)4-5-10(8)13/h4-7,13H,2-3H2,1H3,(H,14,15). The van der Waals surface area contributed by atoms with Crippen molar-refractivity contribution in [2.75, 3.05) is 0 Å². The Morgan fingerprint density at radius 1 is 1.53 bits per heavy atom. The molecule has 0 fully saturated rings. The van der Waals surface area contributed by atoms with Crippen LogP contribution in [0.1, 0.15) is 18.9 Å². The molecule has 82 valence electrons. The van der Waals surface area contributed by atoms with Crippen LogP contribution in [-0.4, -0.2) is 16.2 Å². The van der Waals surface area contributed by atoms with E-state index in [2.05, 4.69) is 0 Å². The number of halogens is 1. The normalized spacial score (nSPS) is 12.4. The molecule has 0 saturated carbocycles. The van der Waals surface area contributed by atoms with Crippen molar-refractivity contribution in [2.24, 2.45) is 5.92 Å². The van der Waals surface area contributed by atoms with E-state index in [1.54, 1.807) is 6.92 Å². The third-order valence-corrected chi connectivity index (χ3v) is 2.31. The fourth-order valence-corrected chi connectivity index (χ4v) is 1.25. The zero-order valence-corrected chi connectivity index (χ0v) is 8.40. The molecule has 3 nitrogen and oxygen atoms in total. The second-order valence-electron chi connectivity index (χ2n) is 3.55. The van der Waals surface area contributed by atoms with Crippen LogP contribution in [0.3, 0.4) is 0 Å². The molecule has 0 radical (unpaired) electrons. The van der Waals surface area contributed by atoms with Crippen molar-refractivity contribution >= 4 is 5.97 Å². The van der Waals surface area contributed by atoms with Gasteiger partial charge in [0.25, 0.3) is 0 Å². The summed E-state index contributed by atoms with van der Waals surface area (Å²) in [4.78, 5) is 10.5. The van der Waals surface area contributed by atoms with Crippen molar-refractivity contribution in [2.45, 2.75) is 19.8 Å². The zero-order chi connectivity index (χ0) is 11.4. The van der Waals surface area contributed by atoms with E-state index < -0.39 is 17.7 Å². The predicted molar refractivity (Wildman–Crippen MR) is 53.2 cm³/mol. The topological polar surface area (TPSA) is 57.5 Å². The van der Waals surface area contributed by atoms with Crippen molar-refractivity contribution < 1.29 is 19.4 Å². The molecule has 0 bridgehead atoms. The van der Waals surface area contributed by atoms with Gasteiger partial charge in [-0.25, -0.2) is 4.39 Å². The molecular formula is C11H13FO3. The second kappa shape index (κ2) is 4.77. The largest absolute Gasteiger partial charge is 0.508 e. The number of carbonyl (C=O) groups is 1. The summed E-state index contributed by atoms with van der Waals surface area (Å²) in [6.45, 7) is 1.58.